The van der Waals surface area contributed by atoms with Crippen LogP contribution in [0.15, 0.2) is 58.5 Å². The Kier molecular flexibility index (Phi) is 6.90. The van der Waals surface area contributed by atoms with Gasteiger partial charge >= 0.3 is 0 Å². The zero-order valence-corrected chi connectivity index (χ0v) is 16.1. The summed E-state index contributed by atoms with van der Waals surface area (Å²) in [7, 11) is -3.48. The van der Waals surface area contributed by atoms with Crippen molar-refractivity contribution in [1.29, 1.82) is 0 Å². The fourth-order valence-electron chi connectivity index (χ4n) is 2.57. The number of hydrogen-bond acceptors (Lipinski definition) is 6. The molecule has 6 nitrogen and oxygen atoms in total. The van der Waals surface area contributed by atoms with Gasteiger partial charge in [0, 0.05) is 30.7 Å². The molecule has 1 fully saturated rings. The highest BCUT2D eigenvalue weighted by Crippen LogP contribution is 2.19. The number of sulfonamides is 1. The smallest absolute Gasteiger partial charge is 0.244 e. The monoisotopic (exact) mass is 393 g/mol. The molecule has 8 heteroatoms. The summed E-state index contributed by atoms with van der Waals surface area (Å²) in [5.74, 6) is 1.70. The van der Waals surface area contributed by atoms with E-state index in [0.717, 1.165) is 18.7 Å². The SMILES string of the molecule is O=S(=O)(c1ccc(NCCCSc2ccccc2)nc1)N1CCOCC1. The molecule has 0 amide bonds. The number of rotatable bonds is 8. The van der Waals surface area contributed by atoms with Crippen LogP contribution in [0.5, 0.6) is 0 Å². The van der Waals surface area contributed by atoms with Crippen LogP contribution in [-0.4, -0.2) is 56.3 Å². The number of ether oxygens (including phenoxy) is 1. The Morgan fingerprint density at radius 3 is 2.58 bits per heavy atom. The van der Waals surface area contributed by atoms with Gasteiger partial charge in [-0.3, -0.25) is 0 Å². The van der Waals surface area contributed by atoms with Crippen molar-refractivity contribution in [2.45, 2.75) is 16.2 Å². The van der Waals surface area contributed by atoms with Crippen LogP contribution in [0, 0.1) is 0 Å². The van der Waals surface area contributed by atoms with Crippen molar-refractivity contribution >= 4 is 27.6 Å². The summed E-state index contributed by atoms with van der Waals surface area (Å²) in [4.78, 5) is 5.73. The van der Waals surface area contributed by atoms with Gasteiger partial charge < -0.3 is 10.1 Å². The number of nitrogens with one attached hydrogen (secondary N) is 1. The maximum absolute atomic E-state index is 12.5. The van der Waals surface area contributed by atoms with Gasteiger partial charge in [0.05, 0.1) is 13.2 Å². The Morgan fingerprint density at radius 1 is 1.12 bits per heavy atom. The number of morpholine rings is 1. The lowest BCUT2D eigenvalue weighted by molar-refractivity contribution is 0.0730. The standard InChI is InChI=1S/C18H23N3O3S2/c22-26(23,21-10-12-24-13-11-21)17-7-8-18(20-15-17)19-9-4-14-25-16-5-2-1-3-6-16/h1-3,5-8,15H,4,9-14H2,(H,19,20). The lowest BCUT2D eigenvalue weighted by Crippen LogP contribution is -2.40. The number of hydrogen-bond donors (Lipinski definition) is 1. The van der Waals surface area contributed by atoms with E-state index in [4.69, 9.17) is 4.74 Å². The average molecular weight is 394 g/mol. The van der Waals surface area contributed by atoms with E-state index in [-0.39, 0.29) is 4.90 Å². The summed E-state index contributed by atoms with van der Waals surface area (Å²) in [6.45, 7) is 2.45. The molecule has 140 valence electrons. The van der Waals surface area contributed by atoms with Gasteiger partial charge in [-0.1, -0.05) is 18.2 Å². The number of benzene rings is 1. The normalized spacial score (nSPS) is 15.7. The van der Waals surface area contributed by atoms with E-state index in [9.17, 15) is 8.42 Å². The summed E-state index contributed by atoms with van der Waals surface area (Å²) >= 11 is 1.82. The summed E-state index contributed by atoms with van der Waals surface area (Å²) in [6, 6.07) is 13.6. The first-order chi connectivity index (χ1) is 12.7. The molecule has 1 aliphatic rings. The van der Waals surface area contributed by atoms with Gasteiger partial charge in [0.1, 0.15) is 10.7 Å². The molecule has 1 saturated heterocycles. The minimum Gasteiger partial charge on any atom is -0.379 e. The molecule has 0 aliphatic carbocycles. The molecule has 1 aromatic heterocycles. The second-order valence-corrected chi connectivity index (χ2v) is 8.94. The summed E-state index contributed by atoms with van der Waals surface area (Å²) in [5.41, 5.74) is 0. The zero-order chi connectivity index (χ0) is 18.2. The van der Waals surface area contributed by atoms with Crippen LogP contribution < -0.4 is 5.32 Å². The second kappa shape index (κ2) is 9.36. The first-order valence-corrected chi connectivity index (χ1v) is 11.0. The van der Waals surface area contributed by atoms with Crippen molar-refractivity contribution in [1.82, 2.24) is 9.29 Å². The lowest BCUT2D eigenvalue weighted by atomic mass is 10.4. The minimum atomic E-state index is -3.48. The number of anilines is 1. The van der Waals surface area contributed by atoms with Crippen LogP contribution in [0.2, 0.25) is 0 Å². The Balaban J connectivity index is 1.45. The van der Waals surface area contributed by atoms with Crippen molar-refractivity contribution in [3.05, 3.63) is 48.7 Å². The van der Waals surface area contributed by atoms with Gasteiger partial charge in [0.15, 0.2) is 0 Å². The number of nitrogens with zero attached hydrogens (tertiary/aromatic N) is 2. The predicted octanol–water partition coefficient (Wildman–Crippen LogP) is 2.70. The van der Waals surface area contributed by atoms with E-state index in [1.165, 1.54) is 15.4 Å². The van der Waals surface area contributed by atoms with Crippen LogP contribution in [0.1, 0.15) is 6.42 Å². The fourth-order valence-corrected chi connectivity index (χ4v) is 4.80. The van der Waals surface area contributed by atoms with E-state index >= 15 is 0 Å². The number of thioether (sulfide) groups is 1. The topological polar surface area (TPSA) is 71.5 Å². The van der Waals surface area contributed by atoms with Gasteiger partial charge in [-0.15, -0.1) is 11.8 Å². The van der Waals surface area contributed by atoms with Crippen LogP contribution >= 0.6 is 11.8 Å². The van der Waals surface area contributed by atoms with Crippen molar-refractivity contribution in [3.8, 4) is 0 Å². The van der Waals surface area contributed by atoms with Gasteiger partial charge in [-0.05, 0) is 36.4 Å². The van der Waals surface area contributed by atoms with Gasteiger partial charge in [0.25, 0.3) is 0 Å². The van der Waals surface area contributed by atoms with E-state index in [0.29, 0.717) is 32.1 Å². The molecule has 1 N–H and O–H groups in total. The molecule has 0 radical (unpaired) electrons. The molecule has 2 heterocycles. The molecule has 1 aliphatic heterocycles. The van der Waals surface area contributed by atoms with Crippen LogP contribution in [-0.2, 0) is 14.8 Å². The Hall–Kier alpha value is -1.61. The van der Waals surface area contributed by atoms with Crippen LogP contribution in [0.4, 0.5) is 5.82 Å². The van der Waals surface area contributed by atoms with Crippen molar-refractivity contribution < 1.29 is 13.2 Å². The first kappa shape index (κ1) is 19.2. The molecule has 0 atom stereocenters. The maximum Gasteiger partial charge on any atom is 0.244 e. The van der Waals surface area contributed by atoms with Crippen molar-refractivity contribution in [2.75, 3.05) is 43.9 Å². The fraction of sp³-hybridized carbons (Fsp3) is 0.389. The Bertz CT molecular complexity index is 777. The third-order valence-corrected chi connectivity index (χ3v) is 6.96. The molecule has 0 saturated carbocycles. The minimum absolute atomic E-state index is 0.226. The van der Waals surface area contributed by atoms with Crippen LogP contribution in [0.3, 0.4) is 0 Å². The van der Waals surface area contributed by atoms with E-state index < -0.39 is 10.0 Å². The molecular formula is C18H23N3O3S2. The Morgan fingerprint density at radius 2 is 1.88 bits per heavy atom. The maximum atomic E-state index is 12.5. The zero-order valence-electron chi connectivity index (χ0n) is 14.5. The Labute approximate surface area is 159 Å². The molecule has 1 aromatic carbocycles. The van der Waals surface area contributed by atoms with Gasteiger partial charge in [-0.2, -0.15) is 4.31 Å². The first-order valence-electron chi connectivity index (χ1n) is 8.62. The van der Waals surface area contributed by atoms with E-state index in [2.05, 4.69) is 22.4 Å². The van der Waals surface area contributed by atoms with Crippen molar-refractivity contribution in [3.63, 3.8) is 0 Å². The number of pyridine rings is 1. The highest BCUT2D eigenvalue weighted by molar-refractivity contribution is 7.99. The molecule has 26 heavy (non-hydrogen) atoms. The lowest BCUT2D eigenvalue weighted by Gasteiger charge is -2.25. The third-order valence-electron chi connectivity index (χ3n) is 3.98. The number of aromatic nitrogens is 1. The third kappa shape index (κ3) is 5.20. The summed E-state index contributed by atoms with van der Waals surface area (Å²) in [6.07, 6.45) is 2.42. The van der Waals surface area contributed by atoms with E-state index in [1.54, 1.807) is 12.1 Å². The summed E-state index contributed by atoms with van der Waals surface area (Å²) in [5, 5.41) is 3.24. The second-order valence-electron chi connectivity index (χ2n) is 5.84. The molecule has 0 unspecified atom stereocenters. The van der Waals surface area contributed by atoms with Crippen molar-refractivity contribution in [2.24, 2.45) is 0 Å². The largest absolute Gasteiger partial charge is 0.379 e. The van der Waals surface area contributed by atoms with E-state index in [1.807, 2.05) is 30.0 Å². The highest BCUT2D eigenvalue weighted by atomic mass is 32.2. The highest BCUT2D eigenvalue weighted by Gasteiger charge is 2.26. The summed E-state index contributed by atoms with van der Waals surface area (Å²) < 4.78 is 31.7. The molecule has 3 rings (SSSR count). The van der Waals surface area contributed by atoms with Crippen LogP contribution in [0.25, 0.3) is 0 Å². The van der Waals surface area contributed by atoms with Gasteiger partial charge in [0.2, 0.25) is 10.0 Å². The van der Waals surface area contributed by atoms with Gasteiger partial charge in [-0.25, -0.2) is 13.4 Å². The quantitative estimate of drug-likeness (QED) is 0.549. The average Bonchev–Trinajstić information content (AvgIpc) is 2.69. The molecule has 0 bridgehead atoms. The molecule has 0 spiro atoms. The predicted molar refractivity (Wildman–Crippen MR) is 104 cm³/mol. The molecule has 2 aromatic rings. The molecular weight excluding hydrogens is 370 g/mol.